The topological polar surface area (TPSA) is 142 Å². The van der Waals surface area contributed by atoms with Crippen LogP contribution in [0.4, 0.5) is 9.59 Å². The van der Waals surface area contributed by atoms with E-state index in [0.717, 1.165) is 11.3 Å². The third-order valence-electron chi connectivity index (χ3n) is 3.08. The highest BCUT2D eigenvalue weighted by molar-refractivity contribution is 6.14. The molecule has 9 heteroatoms. The minimum atomic E-state index is -0.601. The minimum absolute atomic E-state index is 0.152. The van der Waals surface area contributed by atoms with Crippen LogP contribution in [0.25, 0.3) is 0 Å². The highest BCUT2D eigenvalue weighted by atomic mass is 16.2. The molecule has 1 aliphatic rings. The molecule has 140 valence electrons. The largest absolute Gasteiger partial charge is 0.397 e. The SMILES string of the molecule is CCO.CC[C@@H](C)N1C(=O)CC(=O)NC1=O.CC[C@@H](C)NC(N)=O. The summed E-state index contributed by atoms with van der Waals surface area (Å²) in [6.45, 7) is 9.47. The Kier molecular flexibility index (Phi) is 13.3. The molecule has 1 fully saturated rings. The van der Waals surface area contributed by atoms with Gasteiger partial charge < -0.3 is 16.2 Å². The molecule has 1 aliphatic heterocycles. The summed E-state index contributed by atoms with van der Waals surface area (Å²) in [7, 11) is 0. The number of nitrogens with two attached hydrogens (primary N) is 1. The smallest absolute Gasteiger partial charge is 0.331 e. The molecule has 0 aliphatic carbocycles. The lowest BCUT2D eigenvalue weighted by Gasteiger charge is -2.29. The molecule has 0 unspecified atom stereocenters. The van der Waals surface area contributed by atoms with Crippen LogP contribution in [0.1, 0.15) is 53.9 Å². The number of aliphatic hydroxyl groups is 1. The van der Waals surface area contributed by atoms with E-state index < -0.39 is 23.9 Å². The first kappa shape index (κ1) is 24.1. The maximum Gasteiger partial charge on any atom is 0.331 e. The first-order valence-electron chi connectivity index (χ1n) is 7.97. The van der Waals surface area contributed by atoms with Crippen LogP contribution in [0.15, 0.2) is 0 Å². The Balaban J connectivity index is 0. The monoisotopic (exact) mass is 346 g/mol. The van der Waals surface area contributed by atoms with Crippen molar-refractivity contribution in [3.8, 4) is 0 Å². The van der Waals surface area contributed by atoms with E-state index in [1.165, 1.54) is 0 Å². The average Bonchev–Trinajstić information content (AvgIpc) is 2.46. The number of aliphatic hydroxyl groups excluding tert-OH is 1. The van der Waals surface area contributed by atoms with Crippen molar-refractivity contribution in [2.75, 3.05) is 6.61 Å². The lowest BCUT2D eigenvalue weighted by molar-refractivity contribution is -0.137. The Bertz CT molecular complexity index is 408. The van der Waals surface area contributed by atoms with E-state index in [9.17, 15) is 19.2 Å². The number of nitrogens with zero attached hydrogens (tertiary/aromatic N) is 1. The number of primary amides is 1. The third kappa shape index (κ3) is 10.5. The second kappa shape index (κ2) is 13.3. The average molecular weight is 346 g/mol. The molecule has 5 N–H and O–H groups in total. The van der Waals surface area contributed by atoms with E-state index in [1.807, 2.05) is 20.8 Å². The van der Waals surface area contributed by atoms with E-state index >= 15 is 0 Å². The van der Waals surface area contributed by atoms with Gasteiger partial charge in [-0.3, -0.25) is 19.8 Å². The van der Waals surface area contributed by atoms with Crippen molar-refractivity contribution in [1.82, 2.24) is 15.5 Å². The van der Waals surface area contributed by atoms with Crippen molar-refractivity contribution < 1.29 is 24.3 Å². The van der Waals surface area contributed by atoms with Crippen molar-refractivity contribution in [2.45, 2.75) is 66.0 Å². The summed E-state index contributed by atoms with van der Waals surface area (Å²) in [6, 6.07) is -0.997. The molecule has 0 aromatic heterocycles. The van der Waals surface area contributed by atoms with E-state index in [-0.39, 0.29) is 25.1 Å². The Morgan fingerprint density at radius 1 is 1.25 bits per heavy atom. The molecule has 1 saturated heterocycles. The third-order valence-corrected chi connectivity index (χ3v) is 3.08. The molecule has 0 aromatic rings. The number of nitrogens with one attached hydrogen (secondary N) is 2. The zero-order chi connectivity index (χ0) is 19.3. The van der Waals surface area contributed by atoms with Crippen LogP contribution < -0.4 is 16.4 Å². The van der Waals surface area contributed by atoms with E-state index in [1.54, 1.807) is 13.8 Å². The lowest BCUT2D eigenvalue weighted by Crippen LogP contribution is -2.55. The highest BCUT2D eigenvalue weighted by Gasteiger charge is 2.33. The van der Waals surface area contributed by atoms with Crippen molar-refractivity contribution in [3.63, 3.8) is 0 Å². The molecule has 0 saturated carbocycles. The number of urea groups is 2. The Labute approximate surface area is 142 Å². The Morgan fingerprint density at radius 3 is 2.04 bits per heavy atom. The fraction of sp³-hybridized carbons (Fsp3) is 0.733. The molecule has 0 radical (unpaired) electrons. The zero-order valence-electron chi connectivity index (χ0n) is 15.1. The van der Waals surface area contributed by atoms with Crippen LogP contribution in [-0.2, 0) is 9.59 Å². The summed E-state index contributed by atoms with van der Waals surface area (Å²) in [5, 5.41) is 12.2. The van der Waals surface area contributed by atoms with Gasteiger partial charge in [-0.05, 0) is 33.6 Å². The molecular weight excluding hydrogens is 316 g/mol. The zero-order valence-corrected chi connectivity index (χ0v) is 15.1. The summed E-state index contributed by atoms with van der Waals surface area (Å²) in [5.74, 6) is -0.933. The summed E-state index contributed by atoms with van der Waals surface area (Å²) in [5.41, 5.74) is 4.82. The van der Waals surface area contributed by atoms with Crippen molar-refractivity contribution >= 4 is 23.9 Å². The van der Waals surface area contributed by atoms with Gasteiger partial charge in [-0.15, -0.1) is 0 Å². The van der Waals surface area contributed by atoms with Gasteiger partial charge in [-0.2, -0.15) is 0 Å². The quantitative estimate of drug-likeness (QED) is 0.554. The van der Waals surface area contributed by atoms with E-state index in [4.69, 9.17) is 10.8 Å². The second-order valence-corrected chi connectivity index (χ2v) is 5.19. The second-order valence-electron chi connectivity index (χ2n) is 5.19. The van der Waals surface area contributed by atoms with Gasteiger partial charge in [0.2, 0.25) is 11.8 Å². The van der Waals surface area contributed by atoms with Gasteiger partial charge in [0, 0.05) is 18.7 Å². The first-order chi connectivity index (χ1) is 11.1. The van der Waals surface area contributed by atoms with Crippen LogP contribution >= 0.6 is 0 Å². The predicted octanol–water partition coefficient (Wildman–Crippen LogP) is 0.705. The Morgan fingerprint density at radius 2 is 1.75 bits per heavy atom. The maximum atomic E-state index is 11.3. The van der Waals surface area contributed by atoms with Crippen molar-refractivity contribution in [2.24, 2.45) is 5.73 Å². The van der Waals surface area contributed by atoms with Gasteiger partial charge in [0.05, 0.1) is 0 Å². The van der Waals surface area contributed by atoms with Gasteiger partial charge >= 0.3 is 12.1 Å². The lowest BCUT2D eigenvalue weighted by atomic mass is 10.2. The van der Waals surface area contributed by atoms with Crippen LogP contribution in [0, 0.1) is 0 Å². The number of imide groups is 2. The summed E-state index contributed by atoms with van der Waals surface area (Å²) < 4.78 is 0. The molecule has 2 atom stereocenters. The van der Waals surface area contributed by atoms with Gasteiger partial charge in [0.15, 0.2) is 0 Å². The maximum absolute atomic E-state index is 11.3. The summed E-state index contributed by atoms with van der Waals surface area (Å²) in [4.78, 5) is 44.4. The number of hydrogen-bond acceptors (Lipinski definition) is 5. The fourth-order valence-electron chi connectivity index (χ4n) is 1.53. The molecule has 6 amide bonds. The number of carbonyl (C=O) groups is 4. The van der Waals surface area contributed by atoms with Gasteiger partial charge in [-0.25, -0.2) is 9.59 Å². The Hall–Kier alpha value is -2.16. The fourth-order valence-corrected chi connectivity index (χ4v) is 1.53. The standard InChI is InChI=1S/C8H12N2O3.C5H12N2O.C2H6O/c1-3-5(2)10-7(12)4-6(11)9-8(10)13;1-3-4(2)7-5(6)8;1-2-3/h5H,3-4H2,1-2H3,(H,9,11,13);4H,3H2,1-2H3,(H3,6,7,8);3H,2H2,1H3/t5-;4-;/m11./s1. The molecule has 1 rings (SSSR count). The minimum Gasteiger partial charge on any atom is -0.397 e. The van der Waals surface area contributed by atoms with Crippen LogP contribution in [-0.4, -0.2) is 52.6 Å². The molecule has 0 aromatic carbocycles. The van der Waals surface area contributed by atoms with Gasteiger partial charge in [0.25, 0.3) is 0 Å². The predicted molar refractivity (Wildman–Crippen MR) is 90.0 cm³/mol. The molecule has 0 bridgehead atoms. The van der Waals surface area contributed by atoms with Gasteiger partial charge in [0.1, 0.15) is 6.42 Å². The van der Waals surface area contributed by atoms with E-state index in [0.29, 0.717) is 6.42 Å². The first-order valence-corrected chi connectivity index (χ1v) is 7.97. The van der Waals surface area contributed by atoms with Crippen LogP contribution in [0.3, 0.4) is 0 Å². The van der Waals surface area contributed by atoms with Gasteiger partial charge in [-0.1, -0.05) is 13.8 Å². The van der Waals surface area contributed by atoms with Crippen LogP contribution in [0.5, 0.6) is 0 Å². The summed E-state index contributed by atoms with van der Waals surface area (Å²) >= 11 is 0. The molecular formula is C15H30N4O5. The molecule has 1 heterocycles. The summed E-state index contributed by atoms with van der Waals surface area (Å²) in [6.07, 6.45) is 1.38. The normalized spacial score (nSPS) is 15.9. The number of rotatable bonds is 4. The molecule has 0 spiro atoms. The van der Waals surface area contributed by atoms with Crippen LogP contribution in [0.2, 0.25) is 0 Å². The van der Waals surface area contributed by atoms with Crippen molar-refractivity contribution in [3.05, 3.63) is 0 Å². The molecule has 9 nitrogen and oxygen atoms in total. The number of amides is 6. The number of carbonyl (C=O) groups excluding carboxylic acids is 4. The molecule has 24 heavy (non-hydrogen) atoms. The van der Waals surface area contributed by atoms with Crippen molar-refractivity contribution in [1.29, 1.82) is 0 Å². The number of hydrogen-bond donors (Lipinski definition) is 4. The number of barbiturate groups is 1. The van der Waals surface area contributed by atoms with E-state index in [2.05, 4.69) is 10.6 Å². The highest BCUT2D eigenvalue weighted by Crippen LogP contribution is 2.09.